The van der Waals surface area contributed by atoms with E-state index in [0.29, 0.717) is 24.7 Å². The zero-order valence-electron chi connectivity index (χ0n) is 28.5. The molecule has 256 valence electrons. The van der Waals surface area contributed by atoms with E-state index in [2.05, 4.69) is 48.9 Å². The fourth-order valence-electron chi connectivity index (χ4n) is 5.82. The number of amides is 2. The van der Waals surface area contributed by atoms with Gasteiger partial charge in [-0.1, -0.05) is 73.8 Å². The number of hydrogen-bond donors (Lipinski definition) is 1. The number of allylic oxidation sites excluding steroid dienone is 6. The van der Waals surface area contributed by atoms with Gasteiger partial charge in [0.05, 0.1) is 25.7 Å². The van der Waals surface area contributed by atoms with E-state index in [-0.39, 0.29) is 48.7 Å². The minimum absolute atomic E-state index is 0.0406. The summed E-state index contributed by atoms with van der Waals surface area (Å²) in [6.45, 7) is 12.3. The number of methoxy groups -OCH3 is 2. The Kier molecular flexibility index (Phi) is 14.7. The summed E-state index contributed by atoms with van der Waals surface area (Å²) in [5.41, 5.74) is 4.20. The molecule has 1 aliphatic carbocycles. The van der Waals surface area contributed by atoms with Crippen LogP contribution < -0.4 is 14.8 Å². The minimum atomic E-state index is -3.10. The summed E-state index contributed by atoms with van der Waals surface area (Å²) in [5, 5.41) is 3.05. The third-order valence-electron chi connectivity index (χ3n) is 8.50. The van der Waals surface area contributed by atoms with Crippen molar-refractivity contribution >= 4 is 21.7 Å². The molecule has 1 aromatic rings. The Bertz CT molecular complexity index is 1510. The summed E-state index contributed by atoms with van der Waals surface area (Å²) in [6, 6.07) is 6.24. The van der Waals surface area contributed by atoms with Crippen molar-refractivity contribution in [1.82, 2.24) is 15.1 Å². The van der Waals surface area contributed by atoms with Gasteiger partial charge in [-0.15, -0.1) is 0 Å². The Morgan fingerprint density at radius 3 is 2.55 bits per heavy atom. The summed E-state index contributed by atoms with van der Waals surface area (Å²) in [7, 11) is 0.219. The van der Waals surface area contributed by atoms with Crippen molar-refractivity contribution in [2.75, 3.05) is 51.9 Å². The number of hydrogen-bond acceptors (Lipinski definition) is 7. The van der Waals surface area contributed by atoms with Crippen LogP contribution in [0.5, 0.6) is 11.5 Å². The van der Waals surface area contributed by atoms with Crippen molar-refractivity contribution in [2.45, 2.75) is 52.6 Å². The maximum atomic E-state index is 12.9. The van der Waals surface area contributed by atoms with Gasteiger partial charge in [-0.3, -0.25) is 14.5 Å². The van der Waals surface area contributed by atoms with Crippen LogP contribution in [0, 0.1) is 5.92 Å². The number of nitrogens with one attached hydrogen (secondary N) is 1. The zero-order valence-corrected chi connectivity index (χ0v) is 29.4. The number of carbonyl (C=O) groups excluding carboxylic acids is 2. The van der Waals surface area contributed by atoms with E-state index in [1.807, 2.05) is 31.2 Å². The van der Waals surface area contributed by atoms with Gasteiger partial charge < -0.3 is 19.7 Å². The second-order valence-corrected chi connectivity index (χ2v) is 14.5. The number of rotatable bonds is 16. The number of carbonyl (C=O) groups is 2. The third-order valence-corrected chi connectivity index (χ3v) is 10.1. The molecule has 0 saturated carbocycles. The molecule has 2 atom stereocenters. The Labute approximate surface area is 281 Å². The second-order valence-electron chi connectivity index (χ2n) is 12.2. The van der Waals surface area contributed by atoms with Crippen LogP contribution in [0.2, 0.25) is 0 Å². The lowest BCUT2D eigenvalue weighted by atomic mass is 10.0. The molecule has 1 heterocycles. The van der Waals surface area contributed by atoms with Crippen LogP contribution in [0.4, 0.5) is 0 Å². The van der Waals surface area contributed by atoms with Gasteiger partial charge in [-0.25, -0.2) is 8.42 Å². The molecule has 2 aliphatic rings. The van der Waals surface area contributed by atoms with Crippen molar-refractivity contribution in [1.29, 1.82) is 0 Å². The van der Waals surface area contributed by atoms with E-state index < -0.39 is 9.84 Å². The van der Waals surface area contributed by atoms with Gasteiger partial charge in [0, 0.05) is 62.4 Å². The highest BCUT2D eigenvalue weighted by Gasteiger charge is 2.28. The lowest BCUT2D eigenvalue weighted by molar-refractivity contribution is -0.126. The van der Waals surface area contributed by atoms with Gasteiger partial charge in [-0.2, -0.15) is 0 Å². The molecule has 1 aliphatic heterocycles. The van der Waals surface area contributed by atoms with Gasteiger partial charge in [0.1, 0.15) is 11.5 Å². The summed E-state index contributed by atoms with van der Waals surface area (Å²) in [5.74, 6) is 1.21. The zero-order chi connectivity index (χ0) is 34.4. The first-order valence-electron chi connectivity index (χ1n) is 16.2. The number of ether oxygens (including phenoxy) is 2. The number of nitrogens with zero attached hydrogens (tertiary/aromatic N) is 2. The molecule has 2 amide bonds. The lowest BCUT2D eigenvalue weighted by Crippen LogP contribution is -2.44. The highest BCUT2D eigenvalue weighted by atomic mass is 32.2. The first-order valence-corrected chi connectivity index (χ1v) is 18.0. The normalized spacial score (nSPS) is 19.2. The summed E-state index contributed by atoms with van der Waals surface area (Å²) in [6.07, 6.45) is 16.8. The van der Waals surface area contributed by atoms with Crippen LogP contribution in [0.15, 0.2) is 90.1 Å². The minimum Gasteiger partial charge on any atom is -0.497 e. The SMILES string of the molecule is C=C/C=C(\C=C/CC(=O)NCC(C)CN(Cc1ccc(OC)cc1OC)C1CC(C)=C(/C=C\C=C/C)C1)C(=O)N1CCS(=O)(=O)CC1. The number of sulfone groups is 1. The lowest BCUT2D eigenvalue weighted by Gasteiger charge is -2.32. The molecular weight excluding hydrogens is 614 g/mol. The molecule has 1 fully saturated rings. The highest BCUT2D eigenvalue weighted by Crippen LogP contribution is 2.34. The highest BCUT2D eigenvalue weighted by molar-refractivity contribution is 7.91. The molecule has 9 nitrogen and oxygen atoms in total. The predicted molar refractivity (Wildman–Crippen MR) is 189 cm³/mol. The first-order chi connectivity index (χ1) is 22.5. The summed E-state index contributed by atoms with van der Waals surface area (Å²) >= 11 is 0. The monoisotopic (exact) mass is 665 g/mol. The maximum Gasteiger partial charge on any atom is 0.253 e. The second kappa shape index (κ2) is 18.4. The van der Waals surface area contributed by atoms with Gasteiger partial charge in [0.25, 0.3) is 5.91 Å². The number of benzene rings is 1. The Morgan fingerprint density at radius 2 is 1.89 bits per heavy atom. The van der Waals surface area contributed by atoms with Gasteiger partial charge in [0.2, 0.25) is 5.91 Å². The molecule has 1 N–H and O–H groups in total. The van der Waals surface area contributed by atoms with E-state index in [1.165, 1.54) is 22.1 Å². The molecule has 1 aromatic carbocycles. The Morgan fingerprint density at radius 1 is 1.15 bits per heavy atom. The van der Waals surface area contributed by atoms with Gasteiger partial charge in [0.15, 0.2) is 9.84 Å². The van der Waals surface area contributed by atoms with Crippen LogP contribution in [-0.4, -0.2) is 88.0 Å². The van der Waals surface area contributed by atoms with E-state index in [9.17, 15) is 18.0 Å². The Balaban J connectivity index is 1.62. The first kappa shape index (κ1) is 37.6. The van der Waals surface area contributed by atoms with E-state index in [4.69, 9.17) is 9.47 Å². The average molecular weight is 666 g/mol. The van der Waals surface area contributed by atoms with E-state index >= 15 is 0 Å². The van der Waals surface area contributed by atoms with Gasteiger partial charge >= 0.3 is 0 Å². The molecular formula is C37H51N3O6S. The van der Waals surface area contributed by atoms with Crippen molar-refractivity contribution < 1.29 is 27.5 Å². The quantitative estimate of drug-likeness (QED) is 0.192. The Hall–Kier alpha value is -3.89. The van der Waals surface area contributed by atoms with Crippen LogP contribution in [0.25, 0.3) is 0 Å². The van der Waals surface area contributed by atoms with E-state index in [1.54, 1.807) is 32.4 Å². The third kappa shape index (κ3) is 11.7. The molecule has 2 unspecified atom stereocenters. The van der Waals surface area contributed by atoms with Crippen molar-refractivity contribution in [3.05, 3.63) is 95.7 Å². The molecule has 0 radical (unpaired) electrons. The fraction of sp³-hybridized carbons (Fsp3) is 0.459. The van der Waals surface area contributed by atoms with Crippen LogP contribution in [0.1, 0.15) is 45.6 Å². The molecule has 0 aromatic heterocycles. The predicted octanol–water partition coefficient (Wildman–Crippen LogP) is 5.19. The molecule has 10 heteroatoms. The van der Waals surface area contributed by atoms with Crippen molar-refractivity contribution in [3.63, 3.8) is 0 Å². The van der Waals surface area contributed by atoms with Crippen molar-refractivity contribution in [2.24, 2.45) is 5.92 Å². The van der Waals surface area contributed by atoms with Crippen LogP contribution >= 0.6 is 0 Å². The molecule has 3 rings (SSSR count). The fourth-order valence-corrected chi connectivity index (χ4v) is 7.02. The molecule has 1 saturated heterocycles. The van der Waals surface area contributed by atoms with Gasteiger partial charge in [-0.05, 0) is 44.2 Å². The average Bonchev–Trinajstić information content (AvgIpc) is 3.42. The molecule has 47 heavy (non-hydrogen) atoms. The largest absolute Gasteiger partial charge is 0.497 e. The molecule has 0 spiro atoms. The summed E-state index contributed by atoms with van der Waals surface area (Å²) in [4.78, 5) is 29.8. The maximum absolute atomic E-state index is 12.9. The topological polar surface area (TPSA) is 105 Å². The smallest absolute Gasteiger partial charge is 0.253 e. The van der Waals surface area contributed by atoms with Crippen LogP contribution in [0.3, 0.4) is 0 Å². The van der Waals surface area contributed by atoms with Crippen molar-refractivity contribution in [3.8, 4) is 11.5 Å². The standard InChI is InChI=1S/C37H51N3O6S/c1-7-9-10-13-31-23-33(22-29(31)4)40(27-32-16-17-34(45-5)24-35(32)46-6)26-28(3)25-38-36(41)15-11-14-30(12-8-2)37(42)39-18-20-47(43,44)21-19-39/h7-14,16-17,24,28,33H,2,15,18-23,25-27H2,1,3-6H3,(H,38,41)/b9-7-,13-10-,14-11-,30-12+. The van der Waals surface area contributed by atoms with Crippen LogP contribution in [-0.2, 0) is 26.0 Å². The summed E-state index contributed by atoms with van der Waals surface area (Å²) < 4.78 is 34.6. The van der Waals surface area contributed by atoms with E-state index in [0.717, 1.165) is 36.4 Å². The molecule has 0 bridgehead atoms.